The van der Waals surface area contributed by atoms with Gasteiger partial charge in [-0.3, -0.25) is 0 Å². The highest BCUT2D eigenvalue weighted by Gasteiger charge is 2.32. The second kappa shape index (κ2) is 11.2. The molecule has 2 aliphatic rings. The zero-order valence-electron chi connectivity index (χ0n) is 19.9. The molecule has 35 heavy (non-hydrogen) atoms. The Hall–Kier alpha value is -2.94. The first-order valence-electron chi connectivity index (χ1n) is 12.2. The molecular weight excluding hydrogens is 457 g/mol. The molecule has 3 atom stereocenters. The summed E-state index contributed by atoms with van der Waals surface area (Å²) in [6.45, 7) is 1.55. The van der Waals surface area contributed by atoms with Crippen LogP contribution in [-0.2, 0) is 6.18 Å². The fourth-order valence-corrected chi connectivity index (χ4v) is 5.02. The first kappa shape index (κ1) is 25.2. The summed E-state index contributed by atoms with van der Waals surface area (Å²) in [6.07, 6.45) is 1.68. The molecule has 0 radical (unpaired) electrons. The summed E-state index contributed by atoms with van der Waals surface area (Å²) < 4.78 is 43.9. The zero-order chi connectivity index (χ0) is 24.8. The Morgan fingerprint density at radius 3 is 2.29 bits per heavy atom. The Kier molecular flexibility index (Phi) is 8.05. The number of ether oxygens (including phenoxy) is 1. The molecule has 2 fully saturated rings. The van der Waals surface area contributed by atoms with Gasteiger partial charge >= 0.3 is 12.2 Å². The topological polar surface area (TPSA) is 65.6 Å². The fraction of sp³-hybridized carbons (Fsp3) is 0.500. The van der Waals surface area contributed by atoms with Crippen LogP contribution in [0.4, 0.5) is 29.3 Å². The average Bonchev–Trinajstić information content (AvgIpc) is 2.85. The molecule has 2 amide bonds. The molecular formula is C26H33F3N4O2. The summed E-state index contributed by atoms with van der Waals surface area (Å²) in [6, 6.07) is 12.7. The maximum Gasteiger partial charge on any atom is 0.416 e. The Morgan fingerprint density at radius 1 is 0.943 bits per heavy atom. The first-order valence-corrected chi connectivity index (χ1v) is 12.2. The smallest absolute Gasteiger partial charge is 0.416 e. The van der Waals surface area contributed by atoms with E-state index >= 15 is 0 Å². The molecule has 190 valence electrons. The highest BCUT2D eigenvalue weighted by atomic mass is 19.4. The van der Waals surface area contributed by atoms with Gasteiger partial charge in [0.1, 0.15) is 5.75 Å². The standard InChI is InChI=1S/C26H33F3N4O2/c1-35-22-14-10-19(11-15-22)31-25(34)32-24-7-3-2-6-23(24)30-20-5-4-16-33(17-20)21-12-8-18(9-13-21)26(27,28)29/h8-15,20,23-24,30H,2-7,16-17H2,1H3,(H2,31,32,34)/t20-,23+,24+/m0/s1. The van der Waals surface area contributed by atoms with Crippen molar-refractivity contribution in [2.45, 2.75) is 62.8 Å². The number of amides is 2. The van der Waals surface area contributed by atoms with Crippen LogP contribution in [0.25, 0.3) is 0 Å². The van der Waals surface area contributed by atoms with Crippen molar-refractivity contribution in [3.63, 3.8) is 0 Å². The Morgan fingerprint density at radius 2 is 1.63 bits per heavy atom. The van der Waals surface area contributed by atoms with E-state index in [0.717, 1.165) is 75.2 Å². The van der Waals surface area contributed by atoms with Gasteiger partial charge in [-0.1, -0.05) is 12.8 Å². The highest BCUT2D eigenvalue weighted by Crippen LogP contribution is 2.31. The molecule has 0 bridgehead atoms. The molecule has 1 aliphatic carbocycles. The normalized spacial score (nSPS) is 23.0. The molecule has 3 N–H and O–H groups in total. The quantitative estimate of drug-likeness (QED) is 0.507. The van der Waals surface area contributed by atoms with Gasteiger partial charge in [0.15, 0.2) is 0 Å². The Bertz CT molecular complexity index is 966. The molecule has 1 aliphatic heterocycles. The third-order valence-corrected chi connectivity index (χ3v) is 6.86. The molecule has 4 rings (SSSR count). The van der Waals surface area contributed by atoms with Crippen LogP contribution in [0.15, 0.2) is 48.5 Å². The monoisotopic (exact) mass is 490 g/mol. The number of nitrogens with zero attached hydrogens (tertiary/aromatic N) is 1. The minimum Gasteiger partial charge on any atom is -0.497 e. The van der Waals surface area contributed by atoms with Gasteiger partial charge in [-0.25, -0.2) is 4.79 Å². The molecule has 2 aromatic carbocycles. The van der Waals surface area contributed by atoms with Gasteiger partial charge in [0.25, 0.3) is 0 Å². The molecule has 1 saturated carbocycles. The van der Waals surface area contributed by atoms with E-state index < -0.39 is 11.7 Å². The van der Waals surface area contributed by atoms with Crippen LogP contribution in [0.1, 0.15) is 44.1 Å². The molecule has 1 heterocycles. The van der Waals surface area contributed by atoms with E-state index in [1.807, 2.05) is 0 Å². The minimum absolute atomic E-state index is 0.0171. The number of rotatable bonds is 6. The van der Waals surface area contributed by atoms with Gasteiger partial charge in [-0.15, -0.1) is 0 Å². The average molecular weight is 491 g/mol. The number of benzene rings is 2. The van der Waals surface area contributed by atoms with Crippen molar-refractivity contribution < 1.29 is 22.7 Å². The lowest BCUT2D eigenvalue weighted by molar-refractivity contribution is -0.137. The number of methoxy groups -OCH3 is 1. The SMILES string of the molecule is COc1ccc(NC(=O)N[C@@H]2CCCC[C@H]2N[C@H]2CCCN(c3ccc(C(F)(F)F)cc3)C2)cc1. The van der Waals surface area contributed by atoms with Crippen molar-refractivity contribution in [1.29, 1.82) is 0 Å². The number of nitrogens with one attached hydrogen (secondary N) is 3. The van der Waals surface area contributed by atoms with Crippen molar-refractivity contribution in [3.8, 4) is 5.75 Å². The van der Waals surface area contributed by atoms with Crippen LogP contribution in [0, 0.1) is 0 Å². The number of carbonyl (C=O) groups excluding carboxylic acids is 1. The number of anilines is 2. The predicted octanol–water partition coefficient (Wildman–Crippen LogP) is 5.41. The molecule has 0 unspecified atom stereocenters. The zero-order valence-corrected chi connectivity index (χ0v) is 19.9. The van der Waals surface area contributed by atoms with Gasteiger partial charge in [-0.2, -0.15) is 13.2 Å². The van der Waals surface area contributed by atoms with Gasteiger partial charge in [0.2, 0.25) is 0 Å². The van der Waals surface area contributed by atoms with Crippen molar-refractivity contribution >= 4 is 17.4 Å². The van der Waals surface area contributed by atoms with Gasteiger partial charge in [0, 0.05) is 42.6 Å². The number of alkyl halides is 3. The maximum atomic E-state index is 12.9. The maximum absolute atomic E-state index is 12.9. The summed E-state index contributed by atoms with van der Waals surface area (Å²) in [5.41, 5.74) is 0.877. The van der Waals surface area contributed by atoms with E-state index in [-0.39, 0.29) is 24.2 Å². The molecule has 1 saturated heterocycles. The fourth-order valence-electron chi connectivity index (χ4n) is 5.02. The lowest BCUT2D eigenvalue weighted by Crippen LogP contribution is -2.57. The van der Waals surface area contributed by atoms with Crippen LogP contribution in [0.3, 0.4) is 0 Å². The highest BCUT2D eigenvalue weighted by molar-refractivity contribution is 5.89. The number of carbonyl (C=O) groups is 1. The molecule has 9 heteroatoms. The van der Waals surface area contributed by atoms with Crippen molar-refractivity contribution in [2.75, 3.05) is 30.4 Å². The van der Waals surface area contributed by atoms with E-state index in [2.05, 4.69) is 20.9 Å². The summed E-state index contributed by atoms with van der Waals surface area (Å²) in [7, 11) is 1.60. The second-order valence-electron chi connectivity index (χ2n) is 9.32. The van der Waals surface area contributed by atoms with E-state index in [1.54, 1.807) is 43.5 Å². The number of halogens is 3. The van der Waals surface area contributed by atoms with Crippen molar-refractivity contribution in [2.24, 2.45) is 0 Å². The summed E-state index contributed by atoms with van der Waals surface area (Å²) in [5, 5.41) is 9.77. The Balaban J connectivity index is 1.32. The predicted molar refractivity (Wildman–Crippen MR) is 131 cm³/mol. The number of hydrogen-bond donors (Lipinski definition) is 3. The summed E-state index contributed by atoms with van der Waals surface area (Å²) in [5.74, 6) is 0.727. The van der Waals surface area contributed by atoms with Crippen LogP contribution in [0.2, 0.25) is 0 Å². The number of piperidine rings is 1. The molecule has 0 aromatic heterocycles. The molecule has 2 aromatic rings. The van der Waals surface area contributed by atoms with Gasteiger partial charge in [0.05, 0.1) is 12.7 Å². The van der Waals surface area contributed by atoms with Crippen LogP contribution in [-0.4, -0.2) is 44.4 Å². The summed E-state index contributed by atoms with van der Waals surface area (Å²) in [4.78, 5) is 14.8. The van der Waals surface area contributed by atoms with Crippen molar-refractivity contribution in [1.82, 2.24) is 10.6 Å². The largest absolute Gasteiger partial charge is 0.497 e. The lowest BCUT2D eigenvalue weighted by Gasteiger charge is -2.40. The van der Waals surface area contributed by atoms with Crippen LogP contribution < -0.4 is 25.6 Å². The number of hydrogen-bond acceptors (Lipinski definition) is 4. The summed E-state index contributed by atoms with van der Waals surface area (Å²) >= 11 is 0. The van der Waals surface area contributed by atoms with E-state index in [0.29, 0.717) is 5.69 Å². The third kappa shape index (κ3) is 6.81. The van der Waals surface area contributed by atoms with Crippen molar-refractivity contribution in [3.05, 3.63) is 54.1 Å². The molecule has 0 spiro atoms. The van der Waals surface area contributed by atoms with Crippen LogP contribution >= 0.6 is 0 Å². The van der Waals surface area contributed by atoms with E-state index in [4.69, 9.17) is 4.74 Å². The van der Waals surface area contributed by atoms with Crippen LogP contribution in [0.5, 0.6) is 5.75 Å². The van der Waals surface area contributed by atoms with E-state index in [1.165, 1.54) is 0 Å². The number of urea groups is 1. The van der Waals surface area contributed by atoms with Gasteiger partial charge < -0.3 is 25.6 Å². The lowest BCUT2D eigenvalue weighted by atomic mass is 9.89. The minimum atomic E-state index is -4.33. The first-order chi connectivity index (χ1) is 16.8. The second-order valence-corrected chi connectivity index (χ2v) is 9.32. The molecule has 6 nitrogen and oxygen atoms in total. The Labute approximate surface area is 204 Å². The van der Waals surface area contributed by atoms with Gasteiger partial charge in [-0.05, 0) is 74.2 Å². The van der Waals surface area contributed by atoms with E-state index in [9.17, 15) is 18.0 Å². The third-order valence-electron chi connectivity index (χ3n) is 6.86.